The van der Waals surface area contributed by atoms with Crippen molar-refractivity contribution in [1.82, 2.24) is 4.98 Å². The van der Waals surface area contributed by atoms with E-state index in [9.17, 15) is 4.39 Å². The van der Waals surface area contributed by atoms with Crippen molar-refractivity contribution in [2.24, 2.45) is 0 Å². The molecule has 2 nitrogen and oxygen atoms in total. The molecule has 0 fully saturated rings. The fraction of sp³-hybridized carbons (Fsp3) is 0.0833. The van der Waals surface area contributed by atoms with Crippen molar-refractivity contribution in [3.05, 3.63) is 58.6 Å². The van der Waals surface area contributed by atoms with Crippen LogP contribution in [0.3, 0.4) is 0 Å². The number of aromatic nitrogens is 1. The number of benzene rings is 1. The highest BCUT2D eigenvalue weighted by atomic mass is 79.9. The number of pyridine rings is 1. The van der Waals surface area contributed by atoms with Gasteiger partial charge in [-0.25, -0.2) is 4.39 Å². The maximum atomic E-state index is 12.9. The van der Waals surface area contributed by atoms with Crippen LogP contribution in [-0.2, 0) is 6.61 Å². The second-order valence-corrected chi connectivity index (χ2v) is 4.13. The molecule has 0 aliphatic rings. The van der Waals surface area contributed by atoms with E-state index in [0.717, 1.165) is 10.2 Å². The van der Waals surface area contributed by atoms with Gasteiger partial charge in [0, 0.05) is 16.7 Å². The number of ether oxygens (including phenoxy) is 1. The molecule has 0 bridgehead atoms. The molecule has 0 spiro atoms. The third-order valence-corrected chi connectivity index (χ3v) is 2.45. The molecule has 82 valence electrons. The summed E-state index contributed by atoms with van der Waals surface area (Å²) in [6.07, 6.45) is 1.69. The van der Waals surface area contributed by atoms with Crippen LogP contribution >= 0.6 is 15.9 Å². The number of hydrogen-bond acceptors (Lipinski definition) is 2. The van der Waals surface area contributed by atoms with E-state index in [1.54, 1.807) is 18.3 Å². The lowest BCUT2D eigenvalue weighted by atomic mass is 10.3. The first kappa shape index (κ1) is 11.1. The van der Waals surface area contributed by atoms with Gasteiger partial charge >= 0.3 is 0 Å². The highest BCUT2D eigenvalue weighted by Gasteiger charge is 1.99. The molecule has 0 aliphatic carbocycles. The summed E-state index contributed by atoms with van der Waals surface area (Å²) in [5.41, 5.74) is 0.790. The molecule has 1 aromatic heterocycles. The zero-order valence-corrected chi connectivity index (χ0v) is 9.95. The average molecular weight is 282 g/mol. The monoisotopic (exact) mass is 281 g/mol. The predicted octanol–water partition coefficient (Wildman–Crippen LogP) is 3.56. The summed E-state index contributed by atoms with van der Waals surface area (Å²) < 4.78 is 19.2. The summed E-state index contributed by atoms with van der Waals surface area (Å²) in [6, 6.07) is 9.74. The normalized spacial score (nSPS) is 10.1. The van der Waals surface area contributed by atoms with Crippen LogP contribution in [0.5, 0.6) is 5.75 Å². The van der Waals surface area contributed by atoms with Crippen LogP contribution in [0.25, 0.3) is 0 Å². The van der Waals surface area contributed by atoms with Gasteiger partial charge in [0.1, 0.15) is 18.2 Å². The minimum atomic E-state index is -0.306. The standard InChI is InChI=1S/C12H9BrFNO/c13-9-4-5-15-11(6-9)8-16-12-3-1-2-10(14)7-12/h1-7H,8H2. The third kappa shape index (κ3) is 3.03. The highest BCUT2D eigenvalue weighted by Crippen LogP contribution is 2.15. The molecule has 0 unspecified atom stereocenters. The smallest absolute Gasteiger partial charge is 0.130 e. The Hall–Kier alpha value is -1.42. The maximum absolute atomic E-state index is 12.9. The highest BCUT2D eigenvalue weighted by molar-refractivity contribution is 9.10. The van der Waals surface area contributed by atoms with E-state index < -0.39 is 0 Å². The Morgan fingerprint density at radius 1 is 1.25 bits per heavy atom. The van der Waals surface area contributed by atoms with Crippen molar-refractivity contribution < 1.29 is 9.13 Å². The Morgan fingerprint density at radius 2 is 2.12 bits per heavy atom. The molecular weight excluding hydrogens is 273 g/mol. The number of hydrogen-bond donors (Lipinski definition) is 0. The van der Waals surface area contributed by atoms with Crippen LogP contribution in [0.4, 0.5) is 4.39 Å². The van der Waals surface area contributed by atoms with E-state index in [0.29, 0.717) is 12.4 Å². The summed E-state index contributed by atoms with van der Waals surface area (Å²) in [6.45, 7) is 0.322. The van der Waals surface area contributed by atoms with Gasteiger partial charge in [0.2, 0.25) is 0 Å². The molecule has 4 heteroatoms. The maximum Gasteiger partial charge on any atom is 0.130 e. The van der Waals surface area contributed by atoms with Crippen molar-refractivity contribution in [2.45, 2.75) is 6.61 Å². The molecular formula is C12H9BrFNO. The first-order valence-corrected chi connectivity index (χ1v) is 5.52. The summed E-state index contributed by atoms with van der Waals surface area (Å²) >= 11 is 3.34. The lowest BCUT2D eigenvalue weighted by molar-refractivity contribution is 0.299. The van der Waals surface area contributed by atoms with Crippen molar-refractivity contribution in [2.75, 3.05) is 0 Å². The summed E-state index contributed by atoms with van der Waals surface area (Å²) in [4.78, 5) is 4.13. The van der Waals surface area contributed by atoms with Crippen molar-refractivity contribution in [3.63, 3.8) is 0 Å². The molecule has 1 heterocycles. The molecule has 0 radical (unpaired) electrons. The second kappa shape index (κ2) is 5.07. The van der Waals surface area contributed by atoms with E-state index in [-0.39, 0.29) is 5.82 Å². The van der Waals surface area contributed by atoms with E-state index >= 15 is 0 Å². The molecule has 0 saturated carbocycles. The first-order valence-electron chi connectivity index (χ1n) is 4.73. The minimum Gasteiger partial charge on any atom is -0.487 e. The topological polar surface area (TPSA) is 22.1 Å². The second-order valence-electron chi connectivity index (χ2n) is 3.21. The summed E-state index contributed by atoms with van der Waals surface area (Å²) in [5.74, 6) is 0.196. The molecule has 0 amide bonds. The van der Waals surface area contributed by atoms with E-state index in [1.165, 1.54) is 12.1 Å². The van der Waals surface area contributed by atoms with Gasteiger partial charge in [-0.2, -0.15) is 0 Å². The van der Waals surface area contributed by atoms with Crippen LogP contribution in [0.2, 0.25) is 0 Å². The summed E-state index contributed by atoms with van der Waals surface area (Å²) in [5, 5.41) is 0. The van der Waals surface area contributed by atoms with Crippen LogP contribution in [0.15, 0.2) is 47.1 Å². The summed E-state index contributed by atoms with van der Waals surface area (Å²) in [7, 11) is 0. The van der Waals surface area contributed by atoms with Crippen molar-refractivity contribution >= 4 is 15.9 Å². The van der Waals surface area contributed by atoms with Gasteiger partial charge < -0.3 is 4.74 Å². The Balaban J connectivity index is 2.02. The van der Waals surface area contributed by atoms with Crippen LogP contribution in [-0.4, -0.2) is 4.98 Å². The van der Waals surface area contributed by atoms with Gasteiger partial charge in [0.05, 0.1) is 5.69 Å². The minimum absolute atomic E-state index is 0.306. The van der Waals surface area contributed by atoms with Crippen LogP contribution < -0.4 is 4.74 Å². The lowest BCUT2D eigenvalue weighted by Gasteiger charge is -2.05. The van der Waals surface area contributed by atoms with Gasteiger partial charge in [-0.15, -0.1) is 0 Å². The molecule has 0 atom stereocenters. The van der Waals surface area contributed by atoms with Gasteiger partial charge in [-0.1, -0.05) is 22.0 Å². The number of rotatable bonds is 3. The fourth-order valence-corrected chi connectivity index (χ4v) is 1.62. The van der Waals surface area contributed by atoms with Crippen molar-refractivity contribution in [1.29, 1.82) is 0 Å². The Kier molecular flexibility index (Phi) is 3.51. The molecule has 16 heavy (non-hydrogen) atoms. The van der Waals surface area contributed by atoms with Crippen LogP contribution in [0, 0.1) is 5.82 Å². The van der Waals surface area contributed by atoms with E-state index in [1.807, 2.05) is 12.1 Å². The van der Waals surface area contributed by atoms with Gasteiger partial charge in [-0.3, -0.25) is 4.98 Å². The van der Waals surface area contributed by atoms with E-state index in [4.69, 9.17) is 4.74 Å². The quantitative estimate of drug-likeness (QED) is 0.858. The zero-order chi connectivity index (χ0) is 11.4. The number of halogens is 2. The molecule has 0 aliphatic heterocycles. The zero-order valence-electron chi connectivity index (χ0n) is 8.36. The largest absolute Gasteiger partial charge is 0.487 e. The third-order valence-electron chi connectivity index (χ3n) is 1.96. The molecule has 2 rings (SSSR count). The van der Waals surface area contributed by atoms with E-state index in [2.05, 4.69) is 20.9 Å². The Morgan fingerprint density at radius 3 is 2.88 bits per heavy atom. The Bertz CT molecular complexity index is 444. The molecule has 2 aromatic rings. The average Bonchev–Trinajstić information content (AvgIpc) is 2.27. The SMILES string of the molecule is Fc1cccc(OCc2cc(Br)ccn2)c1. The number of nitrogens with zero attached hydrogens (tertiary/aromatic N) is 1. The Labute approximate surface area is 101 Å². The van der Waals surface area contributed by atoms with Gasteiger partial charge in [0.15, 0.2) is 0 Å². The molecule has 1 aromatic carbocycles. The van der Waals surface area contributed by atoms with Crippen LogP contribution in [0.1, 0.15) is 5.69 Å². The fourth-order valence-electron chi connectivity index (χ4n) is 1.24. The lowest BCUT2D eigenvalue weighted by Crippen LogP contribution is -1.97. The van der Waals surface area contributed by atoms with Gasteiger partial charge in [0.25, 0.3) is 0 Å². The predicted molar refractivity (Wildman–Crippen MR) is 62.7 cm³/mol. The molecule has 0 N–H and O–H groups in total. The first-order chi connectivity index (χ1) is 7.74. The van der Waals surface area contributed by atoms with Gasteiger partial charge in [-0.05, 0) is 24.3 Å². The van der Waals surface area contributed by atoms with Crippen molar-refractivity contribution in [3.8, 4) is 5.75 Å². The molecule has 0 saturated heterocycles.